The zero-order valence-electron chi connectivity index (χ0n) is 13.1. The van der Waals surface area contributed by atoms with Gasteiger partial charge in [-0.05, 0) is 77.2 Å². The van der Waals surface area contributed by atoms with E-state index in [2.05, 4.69) is 37.6 Å². The van der Waals surface area contributed by atoms with E-state index in [9.17, 15) is 0 Å². The molecule has 0 saturated carbocycles. The van der Waals surface area contributed by atoms with E-state index < -0.39 is 0 Å². The Hall–Kier alpha value is -0.0800. The lowest BCUT2D eigenvalue weighted by Crippen LogP contribution is -2.38. The van der Waals surface area contributed by atoms with Crippen LogP contribution in [0.5, 0.6) is 0 Å². The zero-order chi connectivity index (χ0) is 13.4. The average Bonchev–Trinajstić information content (AvgIpc) is 2.31. The maximum absolute atomic E-state index is 2.68. The molecule has 0 atom stereocenters. The van der Waals surface area contributed by atoms with Crippen LogP contribution < -0.4 is 0 Å². The molecule has 18 heavy (non-hydrogen) atoms. The van der Waals surface area contributed by atoms with Gasteiger partial charge in [-0.1, -0.05) is 20.8 Å². The number of rotatable bonds is 8. The van der Waals surface area contributed by atoms with Crippen molar-refractivity contribution in [3.05, 3.63) is 0 Å². The smallest absolute Gasteiger partial charge is 0.000756 e. The van der Waals surface area contributed by atoms with Gasteiger partial charge < -0.3 is 9.80 Å². The maximum atomic E-state index is 2.68. The van der Waals surface area contributed by atoms with Gasteiger partial charge in [0.15, 0.2) is 0 Å². The third-order valence-electron chi connectivity index (χ3n) is 4.14. The van der Waals surface area contributed by atoms with Crippen molar-refractivity contribution in [2.24, 2.45) is 11.8 Å². The summed E-state index contributed by atoms with van der Waals surface area (Å²) >= 11 is 0. The fraction of sp³-hybridized carbons (Fsp3) is 1.00. The minimum absolute atomic E-state index is 0.866. The van der Waals surface area contributed by atoms with Gasteiger partial charge in [-0.3, -0.25) is 0 Å². The SMILES string of the molecule is CCCN(C)CC1CCN(CCCC(C)C)CC1. The lowest BCUT2D eigenvalue weighted by Gasteiger charge is -2.34. The van der Waals surface area contributed by atoms with Gasteiger partial charge in [0.25, 0.3) is 0 Å². The van der Waals surface area contributed by atoms with Crippen LogP contribution in [0.4, 0.5) is 0 Å². The summed E-state index contributed by atoms with van der Waals surface area (Å²) in [6.45, 7) is 13.5. The Morgan fingerprint density at radius 2 is 1.89 bits per heavy atom. The van der Waals surface area contributed by atoms with Crippen LogP contribution in [0.3, 0.4) is 0 Å². The highest BCUT2D eigenvalue weighted by Gasteiger charge is 2.19. The molecule has 1 saturated heterocycles. The van der Waals surface area contributed by atoms with E-state index in [0.29, 0.717) is 0 Å². The molecule has 1 fully saturated rings. The Balaban J connectivity index is 2.09. The molecular weight excluding hydrogens is 220 g/mol. The first kappa shape index (κ1) is 16.0. The number of likely N-dealkylation sites (tertiary alicyclic amines) is 1. The fourth-order valence-electron chi connectivity index (χ4n) is 3.03. The van der Waals surface area contributed by atoms with Gasteiger partial charge in [0, 0.05) is 6.54 Å². The van der Waals surface area contributed by atoms with E-state index in [1.807, 2.05) is 0 Å². The first-order chi connectivity index (χ1) is 8.61. The summed E-state index contributed by atoms with van der Waals surface area (Å²) in [5.74, 6) is 1.81. The zero-order valence-corrected chi connectivity index (χ0v) is 13.1. The first-order valence-electron chi connectivity index (χ1n) is 8.02. The summed E-state index contributed by atoms with van der Waals surface area (Å²) in [6.07, 6.45) is 6.88. The molecule has 2 heteroatoms. The molecule has 0 radical (unpaired) electrons. The predicted molar refractivity (Wildman–Crippen MR) is 81.0 cm³/mol. The van der Waals surface area contributed by atoms with E-state index in [1.54, 1.807) is 0 Å². The van der Waals surface area contributed by atoms with Gasteiger partial charge in [-0.2, -0.15) is 0 Å². The van der Waals surface area contributed by atoms with Crippen molar-refractivity contribution < 1.29 is 0 Å². The minimum atomic E-state index is 0.866. The molecule has 0 aromatic carbocycles. The Morgan fingerprint density at radius 3 is 2.44 bits per heavy atom. The highest BCUT2D eigenvalue weighted by molar-refractivity contribution is 4.74. The van der Waals surface area contributed by atoms with Gasteiger partial charge in [0.1, 0.15) is 0 Å². The molecule has 0 aromatic rings. The first-order valence-corrected chi connectivity index (χ1v) is 8.02. The highest BCUT2D eigenvalue weighted by Crippen LogP contribution is 2.18. The quantitative estimate of drug-likeness (QED) is 0.654. The second kappa shape index (κ2) is 8.92. The fourth-order valence-corrected chi connectivity index (χ4v) is 3.03. The van der Waals surface area contributed by atoms with Crippen LogP contribution in [-0.4, -0.2) is 49.6 Å². The van der Waals surface area contributed by atoms with Crippen LogP contribution >= 0.6 is 0 Å². The number of hydrogen-bond acceptors (Lipinski definition) is 2. The molecule has 0 N–H and O–H groups in total. The molecule has 1 rings (SSSR count). The summed E-state index contributed by atoms with van der Waals surface area (Å²) in [7, 11) is 2.28. The van der Waals surface area contributed by atoms with Crippen LogP contribution in [0, 0.1) is 11.8 Å². The third kappa shape index (κ3) is 6.75. The van der Waals surface area contributed by atoms with Gasteiger partial charge in [0.05, 0.1) is 0 Å². The van der Waals surface area contributed by atoms with Gasteiger partial charge >= 0.3 is 0 Å². The van der Waals surface area contributed by atoms with Gasteiger partial charge in [-0.15, -0.1) is 0 Å². The van der Waals surface area contributed by atoms with E-state index >= 15 is 0 Å². The molecule has 0 bridgehead atoms. The van der Waals surface area contributed by atoms with Crippen molar-refractivity contribution in [3.63, 3.8) is 0 Å². The summed E-state index contributed by atoms with van der Waals surface area (Å²) in [5.41, 5.74) is 0. The minimum Gasteiger partial charge on any atom is -0.306 e. The standard InChI is InChI=1S/C16H34N2/c1-5-10-17(4)14-16-8-12-18(13-9-16)11-6-7-15(2)3/h15-16H,5-14H2,1-4H3. The van der Waals surface area contributed by atoms with E-state index in [0.717, 1.165) is 11.8 Å². The van der Waals surface area contributed by atoms with Crippen LogP contribution in [-0.2, 0) is 0 Å². The topological polar surface area (TPSA) is 6.48 Å². The lowest BCUT2D eigenvalue weighted by molar-refractivity contribution is 0.151. The largest absolute Gasteiger partial charge is 0.306 e. The molecule has 0 unspecified atom stereocenters. The molecule has 1 aliphatic rings. The highest BCUT2D eigenvalue weighted by atomic mass is 15.1. The number of piperidine rings is 1. The molecule has 1 heterocycles. The van der Waals surface area contributed by atoms with Crippen molar-refractivity contribution in [1.29, 1.82) is 0 Å². The van der Waals surface area contributed by atoms with Crippen molar-refractivity contribution in [2.75, 3.05) is 39.8 Å². The average molecular weight is 254 g/mol. The molecule has 108 valence electrons. The van der Waals surface area contributed by atoms with Crippen LogP contribution in [0.25, 0.3) is 0 Å². The molecule has 0 amide bonds. The third-order valence-corrected chi connectivity index (χ3v) is 4.14. The van der Waals surface area contributed by atoms with Crippen LogP contribution in [0.2, 0.25) is 0 Å². The van der Waals surface area contributed by atoms with E-state index in [4.69, 9.17) is 0 Å². The van der Waals surface area contributed by atoms with Gasteiger partial charge in [-0.25, -0.2) is 0 Å². The Labute approximate surface area is 115 Å². The lowest BCUT2D eigenvalue weighted by atomic mass is 9.96. The van der Waals surface area contributed by atoms with Crippen molar-refractivity contribution in [1.82, 2.24) is 9.80 Å². The molecule has 2 nitrogen and oxygen atoms in total. The normalized spacial score (nSPS) is 19.0. The Bertz CT molecular complexity index is 195. The molecule has 0 aromatic heterocycles. The summed E-state index contributed by atoms with van der Waals surface area (Å²) in [6, 6.07) is 0. The molecule has 0 aliphatic carbocycles. The second-order valence-corrected chi connectivity index (χ2v) is 6.58. The van der Waals surface area contributed by atoms with Crippen molar-refractivity contribution in [3.8, 4) is 0 Å². The van der Waals surface area contributed by atoms with E-state index in [-0.39, 0.29) is 0 Å². The summed E-state index contributed by atoms with van der Waals surface area (Å²) < 4.78 is 0. The molecule has 1 aliphatic heterocycles. The Kier molecular flexibility index (Phi) is 7.92. The Morgan fingerprint density at radius 1 is 1.22 bits per heavy atom. The van der Waals surface area contributed by atoms with Crippen LogP contribution in [0.15, 0.2) is 0 Å². The van der Waals surface area contributed by atoms with Crippen molar-refractivity contribution in [2.45, 2.75) is 52.9 Å². The van der Waals surface area contributed by atoms with Crippen molar-refractivity contribution >= 4 is 0 Å². The number of hydrogen-bond donors (Lipinski definition) is 0. The van der Waals surface area contributed by atoms with Crippen LogP contribution in [0.1, 0.15) is 52.9 Å². The second-order valence-electron chi connectivity index (χ2n) is 6.58. The summed E-state index contributed by atoms with van der Waals surface area (Å²) in [4.78, 5) is 5.19. The predicted octanol–water partition coefficient (Wildman–Crippen LogP) is 3.48. The maximum Gasteiger partial charge on any atom is 0.000756 e. The van der Waals surface area contributed by atoms with E-state index in [1.165, 1.54) is 64.8 Å². The number of nitrogens with zero attached hydrogens (tertiary/aromatic N) is 2. The summed E-state index contributed by atoms with van der Waals surface area (Å²) in [5, 5.41) is 0. The van der Waals surface area contributed by atoms with Gasteiger partial charge in [0.2, 0.25) is 0 Å². The molecular formula is C16H34N2. The monoisotopic (exact) mass is 254 g/mol. The molecule has 0 spiro atoms.